The molecule has 5 rings (SSSR count). The number of carboxylic acid groups (broad SMARTS) is 1. The van der Waals surface area contributed by atoms with Gasteiger partial charge in [-0.15, -0.1) is 0 Å². The van der Waals surface area contributed by atoms with Crippen molar-refractivity contribution in [1.82, 2.24) is 10.7 Å². The first-order valence-electron chi connectivity index (χ1n) is 18.5. The minimum Gasteiger partial charge on any atom is -0.481 e. The topological polar surface area (TPSA) is 106 Å². The summed E-state index contributed by atoms with van der Waals surface area (Å²) in [5, 5.41) is 14.6. The maximum absolute atomic E-state index is 13.4. The average Bonchev–Trinajstić information content (AvgIpc) is 2.97. The fraction of sp³-hybridized carbons (Fsp3) is 0.923. The lowest BCUT2D eigenvalue weighted by Gasteiger charge is -2.72. The summed E-state index contributed by atoms with van der Waals surface area (Å²) in [5.74, 6) is 6.98. The first-order valence-corrected chi connectivity index (χ1v) is 18.5. The van der Waals surface area contributed by atoms with Crippen molar-refractivity contribution < 1.29 is 19.4 Å². The SMILES string of the molecule is CN[C@@](C)(CO[C@H]1C(NN)C[C@]23C4=CC[C@@]5(C)[C@H](C(=O)O)[C@@](C)([C@H](C)C(C)C)CC[C@]5(C)[C@H]4CC[C@H]2[C@@]1(C)CO[C@H]3C)C(C)(C)C. The lowest BCUT2D eigenvalue weighted by molar-refractivity contribution is -0.268. The van der Waals surface area contributed by atoms with Crippen LogP contribution in [0.5, 0.6) is 0 Å². The van der Waals surface area contributed by atoms with Crippen LogP contribution in [-0.2, 0) is 14.3 Å². The highest BCUT2D eigenvalue weighted by Gasteiger charge is 2.73. The molecule has 1 unspecified atom stereocenters. The Morgan fingerprint density at radius 2 is 1.76 bits per heavy atom. The number of hydrazine groups is 1. The minimum absolute atomic E-state index is 0.00814. The number of allylic oxidation sites excluding steroid dienone is 1. The van der Waals surface area contributed by atoms with Gasteiger partial charge in [-0.05, 0) is 105 Å². The van der Waals surface area contributed by atoms with Crippen LogP contribution in [0.3, 0.4) is 0 Å². The summed E-state index contributed by atoms with van der Waals surface area (Å²) in [6, 6.07) is -0.0113. The van der Waals surface area contributed by atoms with E-state index in [4.69, 9.17) is 15.3 Å². The second-order valence-corrected chi connectivity index (χ2v) is 19.2. The molecule has 0 amide bonds. The van der Waals surface area contributed by atoms with Crippen LogP contribution in [0.2, 0.25) is 0 Å². The molecule has 0 spiro atoms. The van der Waals surface area contributed by atoms with Gasteiger partial charge in [0.25, 0.3) is 0 Å². The van der Waals surface area contributed by atoms with E-state index in [1.165, 1.54) is 0 Å². The molecule has 0 aromatic carbocycles. The van der Waals surface area contributed by atoms with Crippen molar-refractivity contribution in [1.29, 1.82) is 0 Å². The fourth-order valence-corrected chi connectivity index (χ4v) is 12.3. The number of likely N-dealkylation sites (N-methyl/N-ethyl adjacent to an activating group) is 1. The van der Waals surface area contributed by atoms with E-state index in [1.54, 1.807) is 5.57 Å². The summed E-state index contributed by atoms with van der Waals surface area (Å²) in [6.45, 7) is 28.9. The van der Waals surface area contributed by atoms with Crippen molar-refractivity contribution in [3.63, 3.8) is 0 Å². The van der Waals surface area contributed by atoms with Gasteiger partial charge in [-0.1, -0.05) is 80.9 Å². The molecule has 1 aliphatic heterocycles. The molecule has 13 atom stereocenters. The number of hydrogen-bond donors (Lipinski definition) is 4. The van der Waals surface area contributed by atoms with Crippen molar-refractivity contribution in [2.75, 3.05) is 20.3 Å². The van der Waals surface area contributed by atoms with Crippen LogP contribution in [-0.4, -0.2) is 55.1 Å². The first-order chi connectivity index (χ1) is 21.1. The number of rotatable bonds is 8. The molecule has 3 saturated carbocycles. The third kappa shape index (κ3) is 4.71. The van der Waals surface area contributed by atoms with Crippen molar-refractivity contribution >= 4 is 5.97 Å². The third-order valence-electron chi connectivity index (χ3n) is 16.6. The van der Waals surface area contributed by atoms with Gasteiger partial charge in [0.2, 0.25) is 0 Å². The van der Waals surface area contributed by atoms with E-state index in [-0.39, 0.29) is 62.2 Å². The minimum atomic E-state index is -0.608. The molecule has 0 aromatic rings. The lowest BCUT2D eigenvalue weighted by atomic mass is 9.33. The molecule has 7 heteroatoms. The quantitative estimate of drug-likeness (QED) is 0.126. The van der Waals surface area contributed by atoms with Gasteiger partial charge in [-0.25, -0.2) is 0 Å². The van der Waals surface area contributed by atoms with Gasteiger partial charge in [0, 0.05) is 22.4 Å². The first kappa shape index (κ1) is 36.3. The Morgan fingerprint density at radius 3 is 2.30 bits per heavy atom. The Balaban J connectivity index is 1.57. The van der Waals surface area contributed by atoms with Crippen molar-refractivity contribution in [2.45, 2.75) is 145 Å². The van der Waals surface area contributed by atoms with Gasteiger partial charge >= 0.3 is 5.97 Å². The molecule has 2 bridgehead atoms. The molecular formula is C39H69N3O4. The Hall–Kier alpha value is -0.990. The van der Waals surface area contributed by atoms with Crippen molar-refractivity contribution in [3.05, 3.63) is 11.6 Å². The largest absolute Gasteiger partial charge is 0.481 e. The monoisotopic (exact) mass is 644 g/mol. The fourth-order valence-electron chi connectivity index (χ4n) is 12.3. The van der Waals surface area contributed by atoms with Crippen LogP contribution < -0.4 is 16.6 Å². The van der Waals surface area contributed by atoms with Crippen LogP contribution >= 0.6 is 0 Å². The molecule has 5 N–H and O–H groups in total. The molecule has 5 aliphatic rings. The van der Waals surface area contributed by atoms with E-state index in [0.29, 0.717) is 36.9 Å². The van der Waals surface area contributed by atoms with Gasteiger partial charge in [0.05, 0.1) is 31.3 Å². The summed E-state index contributed by atoms with van der Waals surface area (Å²) < 4.78 is 13.9. The number of hydrogen-bond acceptors (Lipinski definition) is 6. The standard InChI is InChI=1S/C39H69N3O4/c1-23(2)24(3)34(8)18-19-36(10)26-14-15-29-35(9)21-45-25(4)39(29,27(26)16-17-37(36,11)30(34)32(43)44)20-28(42-40)31(35)46-22-38(12,41-13)33(5,6)7/h16,23-26,28-31,41-42H,14-15,17-22,40H2,1-13H3,(H,43,44)/t24-,25+,26+,28?,29+,30-,31+,34-,35-,36-,37+,38+,39+/m1/s1. The van der Waals surface area contributed by atoms with Crippen LogP contribution in [0, 0.1) is 62.1 Å². The number of nitrogens with two attached hydrogens (primary N) is 1. The van der Waals surface area contributed by atoms with Crippen molar-refractivity contribution in [2.24, 2.45) is 67.9 Å². The van der Waals surface area contributed by atoms with E-state index in [0.717, 1.165) is 38.5 Å². The summed E-state index contributed by atoms with van der Waals surface area (Å²) >= 11 is 0. The molecule has 7 nitrogen and oxygen atoms in total. The highest BCUT2D eigenvalue weighted by molar-refractivity contribution is 5.73. The zero-order chi connectivity index (χ0) is 34.5. The van der Waals surface area contributed by atoms with E-state index >= 15 is 0 Å². The van der Waals surface area contributed by atoms with E-state index in [9.17, 15) is 9.90 Å². The Kier molecular flexibility index (Phi) is 9.10. The lowest BCUT2D eigenvalue weighted by Crippen LogP contribution is -2.74. The van der Waals surface area contributed by atoms with Crippen molar-refractivity contribution in [3.8, 4) is 0 Å². The number of aliphatic carboxylic acids is 1. The summed E-state index contributed by atoms with van der Waals surface area (Å²) in [7, 11) is 2.03. The molecule has 1 saturated heterocycles. The van der Waals surface area contributed by atoms with E-state index in [2.05, 4.69) is 99.9 Å². The molecule has 46 heavy (non-hydrogen) atoms. The summed E-state index contributed by atoms with van der Waals surface area (Å²) in [5.41, 5.74) is 3.58. The maximum Gasteiger partial charge on any atom is 0.307 e. The number of nitrogens with one attached hydrogen (secondary N) is 2. The molecule has 1 heterocycles. The summed E-state index contributed by atoms with van der Waals surface area (Å²) in [6.07, 6.45) is 8.41. The molecule has 4 fully saturated rings. The second-order valence-electron chi connectivity index (χ2n) is 19.2. The van der Waals surface area contributed by atoms with Crippen LogP contribution in [0.25, 0.3) is 0 Å². The van der Waals surface area contributed by atoms with Gasteiger partial charge in [-0.2, -0.15) is 0 Å². The molecule has 0 radical (unpaired) electrons. The third-order valence-corrected chi connectivity index (χ3v) is 16.6. The number of fused-ring (bicyclic) bond motifs is 3. The van der Waals surface area contributed by atoms with Gasteiger partial charge in [0.15, 0.2) is 0 Å². The average molecular weight is 644 g/mol. The number of carbonyl (C=O) groups is 1. The second kappa shape index (κ2) is 11.5. The highest BCUT2D eigenvalue weighted by atomic mass is 16.5. The zero-order valence-electron chi connectivity index (χ0n) is 31.6. The predicted molar refractivity (Wildman–Crippen MR) is 186 cm³/mol. The maximum atomic E-state index is 13.4. The Bertz CT molecular complexity index is 1210. The normalized spacial score (nSPS) is 47.6. The van der Waals surface area contributed by atoms with Crippen LogP contribution in [0.4, 0.5) is 0 Å². The molecular weight excluding hydrogens is 574 g/mol. The van der Waals surface area contributed by atoms with Crippen LogP contribution in [0.15, 0.2) is 11.6 Å². The Labute approximate surface area is 280 Å². The number of carboxylic acids is 1. The zero-order valence-corrected chi connectivity index (χ0v) is 31.6. The number of ether oxygens (including phenoxy) is 2. The van der Waals surface area contributed by atoms with E-state index < -0.39 is 5.97 Å². The smallest absolute Gasteiger partial charge is 0.307 e. The Morgan fingerprint density at radius 1 is 1.11 bits per heavy atom. The molecule has 4 aliphatic carbocycles. The summed E-state index contributed by atoms with van der Waals surface area (Å²) in [4.78, 5) is 13.4. The molecule has 0 aromatic heterocycles. The van der Waals surface area contributed by atoms with Gasteiger partial charge in [0.1, 0.15) is 0 Å². The van der Waals surface area contributed by atoms with Gasteiger partial charge < -0.3 is 19.9 Å². The molecule has 264 valence electrons. The van der Waals surface area contributed by atoms with E-state index in [1.807, 2.05) is 7.05 Å². The van der Waals surface area contributed by atoms with Crippen LogP contribution in [0.1, 0.15) is 122 Å². The predicted octanol–water partition coefficient (Wildman–Crippen LogP) is 7.20. The van der Waals surface area contributed by atoms with Gasteiger partial charge in [-0.3, -0.25) is 16.1 Å². The highest BCUT2D eigenvalue weighted by Crippen LogP contribution is 2.75.